The SMILES string of the molecule is CN(c1ccccc1)c1ccc(C=NNc2ccc([N+](=O)[O-])cc2S(=O)(=O)N2CCOCC2)cc1. The molecule has 4 rings (SSSR count). The number of morpholine rings is 1. The van der Waals surface area contributed by atoms with E-state index in [-0.39, 0.29) is 42.6 Å². The molecule has 1 heterocycles. The molecule has 1 fully saturated rings. The maximum atomic E-state index is 13.2. The topological polar surface area (TPSA) is 117 Å². The van der Waals surface area contributed by atoms with Gasteiger partial charge in [0.15, 0.2) is 0 Å². The van der Waals surface area contributed by atoms with Crippen molar-refractivity contribution in [3.8, 4) is 0 Å². The van der Waals surface area contributed by atoms with Gasteiger partial charge in [0.2, 0.25) is 10.0 Å². The monoisotopic (exact) mass is 495 g/mol. The number of ether oxygens (including phenoxy) is 1. The van der Waals surface area contributed by atoms with Gasteiger partial charge in [0, 0.05) is 43.6 Å². The molecule has 11 heteroatoms. The van der Waals surface area contributed by atoms with Crippen LogP contribution in [0.3, 0.4) is 0 Å². The molecule has 182 valence electrons. The first-order valence-corrected chi connectivity index (χ1v) is 12.3. The van der Waals surface area contributed by atoms with Gasteiger partial charge in [-0.05, 0) is 35.9 Å². The highest BCUT2D eigenvalue weighted by atomic mass is 32.2. The van der Waals surface area contributed by atoms with Gasteiger partial charge < -0.3 is 9.64 Å². The van der Waals surface area contributed by atoms with E-state index in [0.717, 1.165) is 23.0 Å². The fraction of sp³-hybridized carbons (Fsp3) is 0.208. The predicted octanol–water partition coefficient (Wildman–Crippen LogP) is 3.83. The number of hydrazone groups is 1. The van der Waals surface area contributed by atoms with Crippen LogP contribution in [0.4, 0.5) is 22.7 Å². The van der Waals surface area contributed by atoms with E-state index < -0.39 is 14.9 Å². The molecular formula is C24H25N5O5S. The van der Waals surface area contributed by atoms with E-state index in [9.17, 15) is 18.5 Å². The minimum Gasteiger partial charge on any atom is -0.379 e. The average Bonchev–Trinajstić information content (AvgIpc) is 2.89. The van der Waals surface area contributed by atoms with Crippen molar-refractivity contribution in [2.24, 2.45) is 5.10 Å². The second-order valence-corrected chi connectivity index (χ2v) is 9.72. The van der Waals surface area contributed by atoms with Gasteiger partial charge in [-0.1, -0.05) is 30.3 Å². The smallest absolute Gasteiger partial charge is 0.270 e. The molecular weight excluding hydrogens is 470 g/mol. The molecule has 3 aromatic rings. The van der Waals surface area contributed by atoms with Crippen molar-refractivity contribution < 1.29 is 18.1 Å². The standard InChI is InChI=1S/C24H25N5O5S/c1-27(20-5-3-2-4-6-20)21-9-7-19(8-10-21)18-25-26-23-12-11-22(29(30)31)17-24(23)35(32,33)28-13-15-34-16-14-28/h2-12,17-18,26H,13-16H2,1H3. The van der Waals surface area contributed by atoms with Gasteiger partial charge in [0.05, 0.1) is 30.0 Å². The Bertz CT molecular complexity index is 1310. The summed E-state index contributed by atoms with van der Waals surface area (Å²) in [6.07, 6.45) is 1.55. The maximum absolute atomic E-state index is 13.2. The molecule has 0 amide bonds. The third-order valence-corrected chi connectivity index (χ3v) is 7.52. The average molecular weight is 496 g/mol. The van der Waals surface area contributed by atoms with E-state index in [1.807, 2.05) is 61.6 Å². The van der Waals surface area contributed by atoms with E-state index in [1.165, 1.54) is 16.4 Å². The Morgan fingerprint density at radius 2 is 1.69 bits per heavy atom. The van der Waals surface area contributed by atoms with Gasteiger partial charge in [-0.15, -0.1) is 0 Å². The Labute approximate surface area is 203 Å². The lowest BCUT2D eigenvalue weighted by Crippen LogP contribution is -2.40. The molecule has 1 aliphatic heterocycles. The Hall–Kier alpha value is -3.80. The molecule has 0 atom stereocenters. The normalized spacial score (nSPS) is 14.7. The first-order valence-electron chi connectivity index (χ1n) is 10.9. The van der Waals surface area contributed by atoms with Crippen molar-refractivity contribution in [3.63, 3.8) is 0 Å². The number of hydrogen-bond acceptors (Lipinski definition) is 8. The highest BCUT2D eigenvalue weighted by molar-refractivity contribution is 7.89. The molecule has 0 radical (unpaired) electrons. The van der Waals surface area contributed by atoms with Crippen LogP contribution < -0.4 is 10.3 Å². The van der Waals surface area contributed by atoms with Crippen molar-refractivity contribution in [2.45, 2.75) is 4.90 Å². The minimum atomic E-state index is -3.98. The molecule has 0 bridgehead atoms. The molecule has 0 aromatic heterocycles. The van der Waals surface area contributed by atoms with Gasteiger partial charge in [-0.3, -0.25) is 15.5 Å². The van der Waals surface area contributed by atoms with Crippen molar-refractivity contribution in [1.29, 1.82) is 0 Å². The number of sulfonamides is 1. The number of rotatable bonds is 8. The summed E-state index contributed by atoms with van der Waals surface area (Å²) in [6.45, 7) is 0.893. The van der Waals surface area contributed by atoms with E-state index >= 15 is 0 Å². The number of nitrogens with one attached hydrogen (secondary N) is 1. The Kier molecular flexibility index (Phi) is 7.39. The van der Waals surface area contributed by atoms with Gasteiger partial charge in [-0.2, -0.15) is 9.41 Å². The lowest BCUT2D eigenvalue weighted by Gasteiger charge is -2.26. The highest BCUT2D eigenvalue weighted by Gasteiger charge is 2.30. The number of benzene rings is 3. The molecule has 0 unspecified atom stereocenters. The number of nitrogens with zero attached hydrogens (tertiary/aromatic N) is 4. The summed E-state index contributed by atoms with van der Waals surface area (Å²) in [5.41, 5.74) is 5.42. The number of nitro groups is 1. The Morgan fingerprint density at radius 1 is 1.03 bits per heavy atom. The van der Waals surface area contributed by atoms with Crippen molar-refractivity contribution in [3.05, 3.63) is 88.5 Å². The van der Waals surface area contributed by atoms with Crippen LogP contribution in [0.25, 0.3) is 0 Å². The van der Waals surface area contributed by atoms with E-state index in [1.54, 1.807) is 6.21 Å². The van der Waals surface area contributed by atoms with Crippen LogP contribution in [-0.2, 0) is 14.8 Å². The van der Waals surface area contributed by atoms with Crippen molar-refractivity contribution >= 4 is 39.0 Å². The van der Waals surface area contributed by atoms with Crippen molar-refractivity contribution in [2.75, 3.05) is 43.7 Å². The van der Waals surface area contributed by atoms with Gasteiger partial charge in [0.25, 0.3) is 5.69 Å². The van der Waals surface area contributed by atoms with Crippen molar-refractivity contribution in [1.82, 2.24) is 4.31 Å². The summed E-state index contributed by atoms with van der Waals surface area (Å²) in [6, 6.07) is 21.3. The van der Waals surface area contributed by atoms with E-state index in [0.29, 0.717) is 0 Å². The highest BCUT2D eigenvalue weighted by Crippen LogP contribution is 2.29. The minimum absolute atomic E-state index is 0.152. The van der Waals surface area contributed by atoms with Gasteiger partial charge >= 0.3 is 0 Å². The number of hydrogen-bond donors (Lipinski definition) is 1. The third kappa shape index (κ3) is 5.65. The summed E-state index contributed by atoms with van der Waals surface area (Å²) in [5.74, 6) is 0. The molecule has 10 nitrogen and oxygen atoms in total. The van der Waals surface area contributed by atoms with Crippen LogP contribution in [-0.4, -0.2) is 57.2 Å². The second-order valence-electron chi connectivity index (χ2n) is 7.81. The fourth-order valence-electron chi connectivity index (χ4n) is 3.62. The Balaban J connectivity index is 1.53. The zero-order chi connectivity index (χ0) is 24.8. The van der Waals surface area contributed by atoms with E-state index in [2.05, 4.69) is 15.4 Å². The third-order valence-electron chi connectivity index (χ3n) is 5.59. The molecule has 1 saturated heterocycles. The lowest BCUT2D eigenvalue weighted by atomic mass is 10.2. The Morgan fingerprint density at radius 3 is 2.34 bits per heavy atom. The van der Waals surface area contributed by atoms with Crippen LogP contribution >= 0.6 is 0 Å². The molecule has 1 aliphatic rings. The van der Waals surface area contributed by atoms with Crippen LogP contribution in [0, 0.1) is 10.1 Å². The zero-order valence-electron chi connectivity index (χ0n) is 19.1. The lowest BCUT2D eigenvalue weighted by molar-refractivity contribution is -0.385. The molecule has 3 aromatic carbocycles. The maximum Gasteiger partial charge on any atom is 0.270 e. The number of anilines is 3. The summed E-state index contributed by atoms with van der Waals surface area (Å²) < 4.78 is 32.9. The first kappa shape index (κ1) is 24.3. The quantitative estimate of drug-likeness (QED) is 0.287. The molecule has 0 spiro atoms. The summed E-state index contributed by atoms with van der Waals surface area (Å²) in [5, 5.41) is 15.4. The van der Waals surface area contributed by atoms with Crippen LogP contribution in [0.15, 0.2) is 82.8 Å². The number of para-hydroxylation sites is 1. The number of non-ortho nitro benzene ring substituents is 1. The summed E-state index contributed by atoms with van der Waals surface area (Å²) in [7, 11) is -2.00. The first-order chi connectivity index (χ1) is 16.9. The predicted molar refractivity (Wildman–Crippen MR) is 135 cm³/mol. The molecule has 35 heavy (non-hydrogen) atoms. The summed E-state index contributed by atoms with van der Waals surface area (Å²) in [4.78, 5) is 12.5. The largest absolute Gasteiger partial charge is 0.379 e. The second kappa shape index (κ2) is 10.6. The zero-order valence-corrected chi connectivity index (χ0v) is 19.9. The number of nitro benzene ring substituents is 1. The van der Waals surface area contributed by atoms with Crippen LogP contribution in [0.1, 0.15) is 5.56 Å². The summed E-state index contributed by atoms with van der Waals surface area (Å²) >= 11 is 0. The van der Waals surface area contributed by atoms with Crippen LogP contribution in [0.2, 0.25) is 0 Å². The molecule has 0 saturated carbocycles. The fourth-order valence-corrected chi connectivity index (χ4v) is 5.19. The van der Waals surface area contributed by atoms with Gasteiger partial charge in [-0.25, -0.2) is 8.42 Å². The van der Waals surface area contributed by atoms with E-state index in [4.69, 9.17) is 4.74 Å². The molecule has 1 N–H and O–H groups in total. The van der Waals surface area contributed by atoms with Gasteiger partial charge in [0.1, 0.15) is 4.90 Å². The molecule has 0 aliphatic carbocycles. The van der Waals surface area contributed by atoms with Crippen LogP contribution in [0.5, 0.6) is 0 Å².